The summed E-state index contributed by atoms with van der Waals surface area (Å²) in [5.41, 5.74) is 0. The first kappa shape index (κ1) is 16.5. The maximum absolute atomic E-state index is 5.93. The number of hydrogen-bond donors (Lipinski definition) is 1. The molecule has 1 N–H and O–H groups in total. The molecule has 120 valence electrons. The molecule has 4 nitrogen and oxygen atoms in total. The Morgan fingerprint density at radius 3 is 2.62 bits per heavy atom. The van der Waals surface area contributed by atoms with E-state index in [0.29, 0.717) is 12.0 Å². The van der Waals surface area contributed by atoms with Crippen LogP contribution in [0.25, 0.3) is 0 Å². The maximum atomic E-state index is 5.93. The maximum Gasteiger partial charge on any atom is 0.118 e. The molecule has 4 heteroatoms. The molecule has 0 radical (unpaired) electrons. The number of furan rings is 1. The Balaban J connectivity index is 1.76. The summed E-state index contributed by atoms with van der Waals surface area (Å²) in [6.45, 7) is 9.63. The summed E-state index contributed by atoms with van der Waals surface area (Å²) in [7, 11) is 4.42. The van der Waals surface area contributed by atoms with Crippen molar-refractivity contribution in [2.45, 2.75) is 45.8 Å². The Labute approximate surface area is 129 Å². The van der Waals surface area contributed by atoms with Crippen molar-refractivity contribution in [2.75, 3.05) is 33.7 Å². The molecule has 21 heavy (non-hydrogen) atoms. The van der Waals surface area contributed by atoms with Crippen LogP contribution in [0.2, 0.25) is 0 Å². The standard InChI is InChI=1S/C17H31N3O/c1-14(2)11-18-12-16-5-6-17(21-16)13-20(4)15-7-9-19(3)10-8-15/h5-6,14-15,18H,7-13H2,1-4H3. The fourth-order valence-corrected chi connectivity index (χ4v) is 2.90. The van der Waals surface area contributed by atoms with Crippen LogP contribution in [0.15, 0.2) is 16.5 Å². The lowest BCUT2D eigenvalue weighted by molar-refractivity contribution is 0.132. The van der Waals surface area contributed by atoms with Crippen LogP contribution >= 0.6 is 0 Å². The number of rotatable bonds is 7. The number of piperidine rings is 1. The molecular weight excluding hydrogens is 262 g/mol. The third-order valence-electron chi connectivity index (χ3n) is 4.29. The van der Waals surface area contributed by atoms with Crippen molar-refractivity contribution in [3.05, 3.63) is 23.7 Å². The van der Waals surface area contributed by atoms with Crippen molar-refractivity contribution in [1.29, 1.82) is 0 Å². The molecule has 0 unspecified atom stereocenters. The lowest BCUT2D eigenvalue weighted by atomic mass is 10.0. The first-order chi connectivity index (χ1) is 10.0. The van der Waals surface area contributed by atoms with Gasteiger partial charge in [-0.3, -0.25) is 4.90 Å². The first-order valence-corrected chi connectivity index (χ1v) is 8.21. The topological polar surface area (TPSA) is 31.6 Å². The van der Waals surface area contributed by atoms with Crippen LogP contribution in [-0.4, -0.2) is 49.6 Å². The van der Waals surface area contributed by atoms with Crippen molar-refractivity contribution in [3.8, 4) is 0 Å². The molecule has 1 aliphatic heterocycles. The molecule has 1 saturated heterocycles. The van der Waals surface area contributed by atoms with Gasteiger partial charge in [-0.2, -0.15) is 0 Å². The van der Waals surface area contributed by atoms with Gasteiger partial charge in [-0.1, -0.05) is 13.8 Å². The Kier molecular flexibility index (Phi) is 6.27. The quantitative estimate of drug-likeness (QED) is 0.837. The van der Waals surface area contributed by atoms with Gasteiger partial charge in [0.2, 0.25) is 0 Å². The molecule has 0 aliphatic carbocycles. The van der Waals surface area contributed by atoms with E-state index in [-0.39, 0.29) is 0 Å². The third-order valence-corrected chi connectivity index (χ3v) is 4.29. The van der Waals surface area contributed by atoms with E-state index in [2.05, 4.69) is 55.2 Å². The smallest absolute Gasteiger partial charge is 0.118 e. The minimum absolute atomic E-state index is 0.676. The summed E-state index contributed by atoms with van der Waals surface area (Å²) in [6, 6.07) is 4.91. The molecule has 0 amide bonds. The zero-order valence-corrected chi connectivity index (χ0v) is 14.1. The highest BCUT2D eigenvalue weighted by molar-refractivity contribution is 5.07. The van der Waals surface area contributed by atoms with Gasteiger partial charge in [-0.25, -0.2) is 0 Å². The number of nitrogens with zero attached hydrogens (tertiary/aromatic N) is 2. The van der Waals surface area contributed by atoms with Gasteiger partial charge in [0.1, 0.15) is 11.5 Å². The Morgan fingerprint density at radius 1 is 1.29 bits per heavy atom. The van der Waals surface area contributed by atoms with E-state index < -0.39 is 0 Å². The lowest BCUT2D eigenvalue weighted by Crippen LogP contribution is -2.41. The van der Waals surface area contributed by atoms with Crippen LogP contribution in [-0.2, 0) is 13.1 Å². The summed E-state index contributed by atoms with van der Waals surface area (Å²) in [5, 5.41) is 3.42. The highest BCUT2D eigenvalue weighted by Gasteiger charge is 2.21. The molecule has 1 aliphatic rings. The van der Waals surface area contributed by atoms with E-state index in [1.54, 1.807) is 0 Å². The minimum atomic E-state index is 0.676. The van der Waals surface area contributed by atoms with Crippen LogP contribution in [0, 0.1) is 5.92 Å². The third kappa shape index (κ3) is 5.46. The summed E-state index contributed by atoms with van der Waals surface area (Å²) >= 11 is 0. The van der Waals surface area contributed by atoms with Gasteiger partial charge < -0.3 is 14.6 Å². The second-order valence-electron chi connectivity index (χ2n) is 6.84. The Hall–Kier alpha value is -0.840. The van der Waals surface area contributed by atoms with E-state index >= 15 is 0 Å². The fourth-order valence-electron chi connectivity index (χ4n) is 2.90. The predicted octanol–water partition coefficient (Wildman–Crippen LogP) is 2.55. The molecule has 1 aromatic rings. The van der Waals surface area contributed by atoms with Gasteiger partial charge in [0.15, 0.2) is 0 Å². The zero-order chi connectivity index (χ0) is 15.2. The zero-order valence-electron chi connectivity index (χ0n) is 14.1. The van der Waals surface area contributed by atoms with E-state index in [4.69, 9.17) is 4.42 Å². The van der Waals surface area contributed by atoms with Crippen molar-refractivity contribution in [2.24, 2.45) is 5.92 Å². The van der Waals surface area contributed by atoms with Gasteiger partial charge in [-0.15, -0.1) is 0 Å². The first-order valence-electron chi connectivity index (χ1n) is 8.21. The SMILES string of the molecule is CC(C)CNCc1ccc(CN(C)C2CCN(C)CC2)o1. The van der Waals surface area contributed by atoms with E-state index in [1.807, 2.05) is 0 Å². The van der Waals surface area contributed by atoms with Crippen molar-refractivity contribution < 1.29 is 4.42 Å². The monoisotopic (exact) mass is 293 g/mol. The lowest BCUT2D eigenvalue weighted by Gasteiger charge is -2.34. The average Bonchev–Trinajstić information content (AvgIpc) is 2.86. The van der Waals surface area contributed by atoms with Gasteiger partial charge >= 0.3 is 0 Å². The normalized spacial score (nSPS) is 18.0. The van der Waals surface area contributed by atoms with Crippen molar-refractivity contribution >= 4 is 0 Å². The molecule has 0 aromatic carbocycles. The van der Waals surface area contributed by atoms with Crippen LogP contribution in [0.5, 0.6) is 0 Å². The molecule has 0 saturated carbocycles. The van der Waals surface area contributed by atoms with Crippen LogP contribution in [0.3, 0.4) is 0 Å². The van der Waals surface area contributed by atoms with Gasteiger partial charge in [0.05, 0.1) is 13.1 Å². The molecule has 0 atom stereocenters. The second kappa shape index (κ2) is 7.97. The summed E-state index contributed by atoms with van der Waals surface area (Å²) in [4.78, 5) is 4.85. The number of nitrogens with one attached hydrogen (secondary N) is 1. The molecule has 1 fully saturated rings. The van der Waals surface area contributed by atoms with Crippen molar-refractivity contribution in [3.63, 3.8) is 0 Å². The van der Waals surface area contributed by atoms with Gasteiger partial charge in [0, 0.05) is 6.04 Å². The number of likely N-dealkylation sites (tertiary alicyclic amines) is 1. The summed E-state index contributed by atoms with van der Waals surface area (Å²) in [6.07, 6.45) is 2.52. The highest BCUT2D eigenvalue weighted by Crippen LogP contribution is 2.17. The molecule has 0 spiro atoms. The Morgan fingerprint density at radius 2 is 1.95 bits per heavy atom. The molecule has 0 bridgehead atoms. The molecule has 1 aromatic heterocycles. The summed E-state index contributed by atoms with van der Waals surface area (Å²) < 4.78 is 5.93. The average molecular weight is 293 g/mol. The molecule has 2 rings (SSSR count). The number of hydrogen-bond acceptors (Lipinski definition) is 4. The van der Waals surface area contributed by atoms with Gasteiger partial charge in [-0.05, 0) is 64.6 Å². The van der Waals surface area contributed by atoms with Crippen LogP contribution in [0.4, 0.5) is 0 Å². The van der Waals surface area contributed by atoms with E-state index in [1.165, 1.54) is 25.9 Å². The fraction of sp³-hybridized carbons (Fsp3) is 0.765. The molecular formula is C17H31N3O. The van der Waals surface area contributed by atoms with E-state index in [0.717, 1.165) is 31.2 Å². The van der Waals surface area contributed by atoms with Crippen LogP contribution < -0.4 is 5.32 Å². The van der Waals surface area contributed by atoms with Crippen molar-refractivity contribution in [1.82, 2.24) is 15.1 Å². The highest BCUT2D eigenvalue weighted by atomic mass is 16.3. The van der Waals surface area contributed by atoms with E-state index in [9.17, 15) is 0 Å². The van der Waals surface area contributed by atoms with Crippen LogP contribution in [0.1, 0.15) is 38.2 Å². The molecule has 2 heterocycles. The predicted molar refractivity (Wildman–Crippen MR) is 87.2 cm³/mol. The largest absolute Gasteiger partial charge is 0.463 e. The Bertz CT molecular complexity index is 408. The second-order valence-corrected chi connectivity index (χ2v) is 6.84. The van der Waals surface area contributed by atoms with Gasteiger partial charge in [0.25, 0.3) is 0 Å². The minimum Gasteiger partial charge on any atom is -0.463 e. The summed E-state index contributed by atoms with van der Waals surface area (Å²) in [5.74, 6) is 2.80.